The van der Waals surface area contributed by atoms with Crippen molar-refractivity contribution in [3.63, 3.8) is 0 Å². The Labute approximate surface area is 128 Å². The lowest BCUT2D eigenvalue weighted by atomic mass is 9.83. The molecule has 0 saturated carbocycles. The number of nitrogens with one attached hydrogen (secondary N) is 1. The van der Waals surface area contributed by atoms with E-state index < -0.39 is 0 Å². The summed E-state index contributed by atoms with van der Waals surface area (Å²) in [6, 6.07) is 12.0. The minimum atomic E-state index is 0. The largest absolute Gasteiger partial charge is 0.306 e. The third-order valence-electron chi connectivity index (χ3n) is 4.42. The smallest absolute Gasteiger partial charge is 0.0294 e. The van der Waals surface area contributed by atoms with Gasteiger partial charge in [-0.25, -0.2) is 0 Å². The third-order valence-corrected chi connectivity index (χ3v) is 4.42. The van der Waals surface area contributed by atoms with Crippen LogP contribution in [0.5, 0.6) is 0 Å². The Kier molecular flexibility index (Phi) is 6.61. The summed E-state index contributed by atoms with van der Waals surface area (Å²) in [5, 5.41) is 3.82. The topological polar surface area (TPSA) is 15.3 Å². The number of halogens is 2. The normalized spacial score (nSPS) is 30.1. The van der Waals surface area contributed by atoms with Gasteiger partial charge in [0.2, 0.25) is 0 Å². The lowest BCUT2D eigenvalue weighted by Crippen LogP contribution is -2.56. The van der Waals surface area contributed by atoms with Crippen molar-refractivity contribution >= 4 is 24.8 Å². The first-order chi connectivity index (χ1) is 8.33. The van der Waals surface area contributed by atoms with E-state index in [-0.39, 0.29) is 24.8 Å². The van der Waals surface area contributed by atoms with Crippen molar-refractivity contribution in [1.82, 2.24) is 10.2 Å². The van der Waals surface area contributed by atoms with Crippen LogP contribution in [-0.4, -0.2) is 30.6 Å². The fraction of sp³-hybridized carbons (Fsp3) is 0.600. The van der Waals surface area contributed by atoms with Crippen LogP contribution >= 0.6 is 24.8 Å². The molecule has 0 aromatic heterocycles. The van der Waals surface area contributed by atoms with Gasteiger partial charge in [-0.05, 0) is 44.3 Å². The summed E-state index contributed by atoms with van der Waals surface area (Å²) in [6.45, 7) is 6.18. The van der Waals surface area contributed by atoms with E-state index in [4.69, 9.17) is 0 Å². The molecular weight excluding hydrogens is 279 g/mol. The van der Waals surface area contributed by atoms with E-state index in [0.717, 1.165) is 5.92 Å². The molecule has 1 N–H and O–H groups in total. The molecule has 3 aliphatic heterocycles. The van der Waals surface area contributed by atoms with Gasteiger partial charge in [0.25, 0.3) is 0 Å². The molecule has 1 aromatic rings. The fourth-order valence-corrected chi connectivity index (χ4v) is 3.31. The van der Waals surface area contributed by atoms with Crippen LogP contribution in [0.25, 0.3) is 0 Å². The van der Waals surface area contributed by atoms with Gasteiger partial charge in [-0.15, -0.1) is 24.8 Å². The van der Waals surface area contributed by atoms with Gasteiger partial charge in [0, 0.05) is 18.6 Å². The number of rotatable bonds is 3. The summed E-state index contributed by atoms with van der Waals surface area (Å²) in [5.74, 6) is 0.908. The summed E-state index contributed by atoms with van der Waals surface area (Å²) < 4.78 is 0. The van der Waals surface area contributed by atoms with Crippen LogP contribution in [0.15, 0.2) is 30.3 Å². The summed E-state index contributed by atoms with van der Waals surface area (Å²) in [7, 11) is 0. The van der Waals surface area contributed by atoms with Crippen molar-refractivity contribution in [2.75, 3.05) is 19.6 Å². The van der Waals surface area contributed by atoms with Crippen LogP contribution in [0.4, 0.5) is 0 Å². The highest BCUT2D eigenvalue weighted by Gasteiger charge is 2.34. The summed E-state index contributed by atoms with van der Waals surface area (Å²) in [5.41, 5.74) is 1.41. The molecule has 3 aliphatic rings. The molecule has 4 heteroatoms. The first-order valence-electron chi connectivity index (χ1n) is 6.86. The Bertz CT molecular complexity index is 364. The summed E-state index contributed by atoms with van der Waals surface area (Å²) >= 11 is 0. The van der Waals surface area contributed by atoms with E-state index in [1.54, 1.807) is 0 Å². The number of piperidine rings is 3. The van der Waals surface area contributed by atoms with Gasteiger partial charge in [-0.1, -0.05) is 30.3 Å². The van der Waals surface area contributed by atoms with E-state index >= 15 is 0 Å². The second kappa shape index (κ2) is 7.49. The monoisotopic (exact) mass is 302 g/mol. The molecule has 2 bridgehead atoms. The number of nitrogens with zero attached hydrogens (tertiary/aromatic N) is 1. The number of hydrogen-bond donors (Lipinski definition) is 1. The minimum absolute atomic E-state index is 0. The van der Waals surface area contributed by atoms with E-state index in [0.29, 0.717) is 12.1 Å². The molecule has 0 spiro atoms. The van der Waals surface area contributed by atoms with Gasteiger partial charge in [0.05, 0.1) is 0 Å². The first kappa shape index (κ1) is 16.8. The molecule has 2 nitrogen and oxygen atoms in total. The Hall–Kier alpha value is -0.280. The van der Waals surface area contributed by atoms with Crippen molar-refractivity contribution < 1.29 is 0 Å². The van der Waals surface area contributed by atoms with Gasteiger partial charge in [0.15, 0.2) is 0 Å². The molecule has 19 heavy (non-hydrogen) atoms. The predicted octanol–water partition coefficient (Wildman–Crippen LogP) is 3.28. The standard InChI is InChI=1S/C15H22N2.2ClH/c1-12(13-5-3-2-4-6-13)16-15-11-17-9-7-14(15)8-10-17;;/h2-6,12,14-16H,7-11H2,1H3;2*1H/t12-,15-;;/m1../s1. The summed E-state index contributed by atoms with van der Waals surface area (Å²) in [6.07, 6.45) is 2.78. The molecule has 0 amide bonds. The Morgan fingerprint density at radius 2 is 1.74 bits per heavy atom. The molecule has 0 aliphatic carbocycles. The zero-order chi connectivity index (χ0) is 11.7. The molecule has 0 unspecified atom stereocenters. The van der Waals surface area contributed by atoms with Crippen molar-refractivity contribution in [1.29, 1.82) is 0 Å². The highest BCUT2D eigenvalue weighted by Crippen LogP contribution is 2.29. The fourth-order valence-electron chi connectivity index (χ4n) is 3.31. The first-order valence-corrected chi connectivity index (χ1v) is 6.86. The number of hydrogen-bond acceptors (Lipinski definition) is 2. The number of benzene rings is 1. The van der Waals surface area contributed by atoms with Crippen molar-refractivity contribution in [3.8, 4) is 0 Å². The average Bonchev–Trinajstić information content (AvgIpc) is 2.41. The maximum absolute atomic E-state index is 3.82. The molecule has 1 aromatic carbocycles. The molecule has 3 heterocycles. The van der Waals surface area contributed by atoms with Gasteiger partial charge < -0.3 is 10.2 Å². The van der Waals surface area contributed by atoms with Crippen molar-refractivity contribution in [2.24, 2.45) is 5.92 Å². The zero-order valence-electron chi connectivity index (χ0n) is 11.4. The van der Waals surface area contributed by atoms with Gasteiger partial charge in [-0.3, -0.25) is 0 Å². The van der Waals surface area contributed by atoms with E-state index in [1.165, 1.54) is 38.0 Å². The number of fused-ring (bicyclic) bond motifs is 3. The summed E-state index contributed by atoms with van der Waals surface area (Å²) in [4.78, 5) is 2.61. The maximum Gasteiger partial charge on any atom is 0.0294 e. The molecule has 3 saturated heterocycles. The van der Waals surface area contributed by atoms with Crippen LogP contribution in [0, 0.1) is 5.92 Å². The highest BCUT2D eigenvalue weighted by atomic mass is 35.5. The molecule has 0 radical (unpaired) electrons. The molecule has 108 valence electrons. The predicted molar refractivity (Wildman–Crippen MR) is 85.4 cm³/mol. The quantitative estimate of drug-likeness (QED) is 0.922. The van der Waals surface area contributed by atoms with Crippen LogP contribution in [0.1, 0.15) is 31.4 Å². The zero-order valence-corrected chi connectivity index (χ0v) is 13.1. The van der Waals surface area contributed by atoms with Crippen LogP contribution in [-0.2, 0) is 0 Å². The Morgan fingerprint density at radius 3 is 2.26 bits per heavy atom. The molecule has 2 atom stereocenters. The van der Waals surface area contributed by atoms with E-state index in [2.05, 4.69) is 47.5 Å². The molecule has 4 rings (SSSR count). The minimum Gasteiger partial charge on any atom is -0.306 e. The van der Waals surface area contributed by atoms with E-state index in [1.807, 2.05) is 0 Å². The van der Waals surface area contributed by atoms with Gasteiger partial charge in [0.1, 0.15) is 0 Å². The van der Waals surface area contributed by atoms with Crippen LogP contribution in [0.3, 0.4) is 0 Å². The van der Waals surface area contributed by atoms with Crippen molar-refractivity contribution in [3.05, 3.63) is 35.9 Å². The lowest BCUT2D eigenvalue weighted by Gasteiger charge is -2.46. The molecule has 3 fully saturated rings. The Balaban J connectivity index is 0.000000902. The average molecular weight is 303 g/mol. The third kappa shape index (κ3) is 3.85. The van der Waals surface area contributed by atoms with E-state index in [9.17, 15) is 0 Å². The highest BCUT2D eigenvalue weighted by molar-refractivity contribution is 5.85. The van der Waals surface area contributed by atoms with Gasteiger partial charge in [-0.2, -0.15) is 0 Å². The van der Waals surface area contributed by atoms with Crippen LogP contribution < -0.4 is 5.32 Å². The lowest BCUT2D eigenvalue weighted by molar-refractivity contribution is 0.0680. The van der Waals surface area contributed by atoms with Crippen molar-refractivity contribution in [2.45, 2.75) is 31.8 Å². The second-order valence-corrected chi connectivity index (χ2v) is 5.54. The second-order valence-electron chi connectivity index (χ2n) is 5.54. The SMILES string of the molecule is C[C@@H](N[C@@H]1CN2CCC1CC2)c1ccccc1.Cl.Cl. The maximum atomic E-state index is 3.82. The van der Waals surface area contributed by atoms with Gasteiger partial charge >= 0.3 is 0 Å². The molecular formula is C15H24Cl2N2. The van der Waals surface area contributed by atoms with Crippen LogP contribution in [0.2, 0.25) is 0 Å². The Morgan fingerprint density at radius 1 is 1.11 bits per heavy atom.